The fourth-order valence-corrected chi connectivity index (χ4v) is 2.95. The van der Waals surface area contributed by atoms with Crippen molar-refractivity contribution in [2.75, 3.05) is 13.2 Å². The predicted molar refractivity (Wildman–Crippen MR) is 110 cm³/mol. The summed E-state index contributed by atoms with van der Waals surface area (Å²) in [7, 11) is 0. The Morgan fingerprint density at radius 3 is 2.50 bits per heavy atom. The number of hydrogen-bond donors (Lipinski definition) is 0. The van der Waals surface area contributed by atoms with Crippen LogP contribution in [-0.2, 0) is 9.53 Å². The van der Waals surface area contributed by atoms with Crippen LogP contribution in [0.15, 0.2) is 48.3 Å². The van der Waals surface area contributed by atoms with Gasteiger partial charge in [-0.25, -0.2) is 9.78 Å². The van der Waals surface area contributed by atoms with E-state index in [9.17, 15) is 9.18 Å². The van der Waals surface area contributed by atoms with Crippen molar-refractivity contribution < 1.29 is 18.7 Å². The van der Waals surface area contributed by atoms with Crippen LogP contribution in [0.4, 0.5) is 4.39 Å². The minimum atomic E-state index is -0.858. The van der Waals surface area contributed by atoms with Gasteiger partial charge in [-0.2, -0.15) is 4.39 Å². The van der Waals surface area contributed by atoms with Crippen LogP contribution in [0, 0.1) is 0 Å². The van der Waals surface area contributed by atoms with E-state index in [1.165, 1.54) is 12.5 Å². The molecule has 5 heteroatoms. The molecular formula is C23H30FNO3. The van der Waals surface area contributed by atoms with Crippen LogP contribution in [0.3, 0.4) is 0 Å². The summed E-state index contributed by atoms with van der Waals surface area (Å²) < 4.78 is 23.6. The number of unbranched alkanes of at least 4 members (excludes halogenated alkanes) is 7. The number of para-hydroxylation sites is 1. The summed E-state index contributed by atoms with van der Waals surface area (Å²) in [5.41, 5.74) is 0.956. The summed E-state index contributed by atoms with van der Waals surface area (Å²) >= 11 is 0. The molecule has 0 aliphatic carbocycles. The Bertz CT molecular complexity index is 760. The molecule has 1 aromatic heterocycles. The monoisotopic (exact) mass is 387 g/mol. The Morgan fingerprint density at radius 2 is 1.71 bits per heavy atom. The maximum absolute atomic E-state index is 13.3. The maximum atomic E-state index is 13.3. The lowest BCUT2D eigenvalue weighted by Crippen LogP contribution is -2.04. The molecule has 0 unspecified atom stereocenters. The van der Waals surface area contributed by atoms with Crippen LogP contribution in [0.5, 0.6) is 5.88 Å². The molecular weight excluding hydrogens is 357 g/mol. The Balaban J connectivity index is 1.46. The number of allylic oxidation sites excluding steroid dienone is 1. The molecule has 0 saturated heterocycles. The lowest BCUT2D eigenvalue weighted by molar-refractivity contribution is -0.140. The molecule has 0 bridgehead atoms. The van der Waals surface area contributed by atoms with Crippen LogP contribution >= 0.6 is 0 Å². The first-order chi connectivity index (χ1) is 13.7. The molecule has 2 aromatic rings. The third-order valence-electron chi connectivity index (χ3n) is 4.47. The summed E-state index contributed by atoms with van der Waals surface area (Å²) in [6.45, 7) is 2.55. The highest BCUT2D eigenvalue weighted by atomic mass is 19.1. The smallest absolute Gasteiger partial charge is 0.366 e. The van der Waals surface area contributed by atoms with E-state index in [1.807, 2.05) is 36.4 Å². The van der Waals surface area contributed by atoms with Gasteiger partial charge < -0.3 is 9.47 Å². The molecule has 1 heterocycles. The second-order valence-corrected chi connectivity index (χ2v) is 6.73. The van der Waals surface area contributed by atoms with Gasteiger partial charge in [0, 0.05) is 11.5 Å². The topological polar surface area (TPSA) is 48.4 Å². The largest absolute Gasteiger partial charge is 0.478 e. The molecule has 28 heavy (non-hydrogen) atoms. The number of aromatic nitrogens is 1. The van der Waals surface area contributed by atoms with Gasteiger partial charge in [0.2, 0.25) is 11.7 Å². The summed E-state index contributed by atoms with van der Waals surface area (Å²) in [6.07, 6.45) is 9.45. The Hall–Kier alpha value is -2.43. The zero-order valence-corrected chi connectivity index (χ0v) is 16.7. The summed E-state index contributed by atoms with van der Waals surface area (Å²) in [5, 5.41) is 1.12. The maximum Gasteiger partial charge on any atom is 0.366 e. The zero-order chi connectivity index (χ0) is 20.0. The highest BCUT2D eigenvalue weighted by molar-refractivity contribution is 5.85. The number of esters is 1. The van der Waals surface area contributed by atoms with E-state index in [2.05, 4.69) is 9.72 Å². The second kappa shape index (κ2) is 12.9. The van der Waals surface area contributed by atoms with E-state index in [0.29, 0.717) is 18.9 Å². The number of carbonyl (C=O) groups excluding carboxylic acids is 1. The molecule has 0 spiro atoms. The van der Waals surface area contributed by atoms with Crippen molar-refractivity contribution in [3.63, 3.8) is 0 Å². The molecule has 0 radical (unpaired) electrons. The fourth-order valence-electron chi connectivity index (χ4n) is 2.95. The van der Waals surface area contributed by atoms with Crippen molar-refractivity contribution in [3.05, 3.63) is 48.3 Å². The van der Waals surface area contributed by atoms with Crippen LogP contribution in [0.2, 0.25) is 0 Å². The number of halogens is 1. The van der Waals surface area contributed by atoms with Crippen molar-refractivity contribution in [2.45, 2.75) is 58.3 Å². The fraction of sp³-hybridized carbons (Fsp3) is 0.478. The number of nitrogens with zero attached hydrogens (tertiary/aromatic N) is 1. The van der Waals surface area contributed by atoms with Crippen molar-refractivity contribution in [1.82, 2.24) is 4.98 Å². The molecule has 0 aliphatic rings. The lowest BCUT2D eigenvalue weighted by Gasteiger charge is -2.06. The Kier molecular flexibility index (Phi) is 10.0. The van der Waals surface area contributed by atoms with Gasteiger partial charge >= 0.3 is 5.97 Å². The average molecular weight is 387 g/mol. The molecule has 0 saturated carbocycles. The molecule has 1 aromatic carbocycles. The summed E-state index contributed by atoms with van der Waals surface area (Å²) in [6, 6.07) is 12.0. The van der Waals surface area contributed by atoms with Gasteiger partial charge in [0.05, 0.1) is 18.7 Å². The van der Waals surface area contributed by atoms with Crippen molar-refractivity contribution >= 4 is 16.9 Å². The number of fused-ring (bicyclic) bond motifs is 1. The SMILES string of the molecule is CCOC(=O)/C(F)=C/CCCCCCCCCOc1ccc2ccccc2n1. The number of ether oxygens (including phenoxy) is 2. The molecule has 4 nitrogen and oxygen atoms in total. The average Bonchev–Trinajstić information content (AvgIpc) is 2.71. The molecule has 0 fully saturated rings. The summed E-state index contributed by atoms with van der Waals surface area (Å²) in [5.74, 6) is -0.951. The highest BCUT2D eigenvalue weighted by Gasteiger charge is 2.07. The van der Waals surface area contributed by atoms with Gasteiger partial charge in [-0.15, -0.1) is 0 Å². The highest BCUT2D eigenvalue weighted by Crippen LogP contribution is 2.16. The van der Waals surface area contributed by atoms with Crippen LogP contribution in [-0.4, -0.2) is 24.2 Å². The van der Waals surface area contributed by atoms with Gasteiger partial charge in [-0.3, -0.25) is 0 Å². The van der Waals surface area contributed by atoms with Crippen molar-refractivity contribution in [2.24, 2.45) is 0 Å². The van der Waals surface area contributed by atoms with Gasteiger partial charge in [-0.1, -0.05) is 50.3 Å². The third-order valence-corrected chi connectivity index (χ3v) is 4.47. The van der Waals surface area contributed by atoms with Gasteiger partial charge in [-0.05, 0) is 44.4 Å². The van der Waals surface area contributed by atoms with Gasteiger partial charge in [0.1, 0.15) is 0 Å². The minimum Gasteiger partial charge on any atom is -0.478 e. The second-order valence-electron chi connectivity index (χ2n) is 6.73. The van der Waals surface area contributed by atoms with Crippen LogP contribution in [0.1, 0.15) is 58.3 Å². The van der Waals surface area contributed by atoms with Crippen LogP contribution < -0.4 is 4.74 Å². The Labute approximate surface area is 166 Å². The summed E-state index contributed by atoms with van der Waals surface area (Å²) in [4.78, 5) is 15.6. The van der Waals surface area contributed by atoms with Crippen molar-refractivity contribution in [1.29, 1.82) is 0 Å². The molecule has 0 aliphatic heterocycles. The van der Waals surface area contributed by atoms with E-state index >= 15 is 0 Å². The first-order valence-corrected chi connectivity index (χ1v) is 10.2. The first-order valence-electron chi connectivity index (χ1n) is 10.2. The zero-order valence-electron chi connectivity index (χ0n) is 16.7. The molecule has 0 amide bonds. The van der Waals surface area contributed by atoms with E-state index in [1.54, 1.807) is 6.92 Å². The predicted octanol–water partition coefficient (Wildman–Crippen LogP) is 6.15. The first kappa shape index (κ1) is 21.9. The van der Waals surface area contributed by atoms with E-state index < -0.39 is 11.8 Å². The Morgan fingerprint density at radius 1 is 1.00 bits per heavy atom. The van der Waals surface area contributed by atoms with Crippen molar-refractivity contribution in [3.8, 4) is 5.88 Å². The number of hydrogen-bond acceptors (Lipinski definition) is 4. The van der Waals surface area contributed by atoms with Gasteiger partial charge in [0.25, 0.3) is 0 Å². The lowest BCUT2D eigenvalue weighted by atomic mass is 10.1. The van der Waals surface area contributed by atoms with E-state index in [4.69, 9.17) is 4.74 Å². The number of rotatable bonds is 13. The molecule has 0 atom stereocenters. The third kappa shape index (κ3) is 8.07. The van der Waals surface area contributed by atoms with E-state index in [-0.39, 0.29) is 6.61 Å². The molecule has 152 valence electrons. The number of carbonyl (C=O) groups is 1. The number of benzene rings is 1. The molecule has 0 N–H and O–H groups in total. The van der Waals surface area contributed by atoms with Crippen LogP contribution in [0.25, 0.3) is 10.9 Å². The minimum absolute atomic E-state index is 0.198. The normalized spacial score (nSPS) is 11.6. The molecule has 2 rings (SSSR count). The van der Waals surface area contributed by atoms with E-state index in [0.717, 1.165) is 49.4 Å². The quantitative estimate of drug-likeness (QED) is 0.235. The van der Waals surface area contributed by atoms with Gasteiger partial charge in [0.15, 0.2) is 0 Å². The number of pyridine rings is 1. The standard InChI is InChI=1S/C23H30FNO3/c1-2-27-23(26)20(24)14-9-7-5-3-4-6-8-12-18-28-22-17-16-19-13-10-11-15-21(19)25-22/h10-11,13-17H,2-9,12,18H2,1H3/b20-14-.